The van der Waals surface area contributed by atoms with E-state index in [0.29, 0.717) is 5.02 Å². The van der Waals surface area contributed by atoms with Crippen LogP contribution in [0.1, 0.15) is 11.1 Å². The molecule has 0 saturated carbocycles. The number of sulfonamides is 1. The van der Waals surface area contributed by atoms with E-state index in [1.807, 2.05) is 36.4 Å². The summed E-state index contributed by atoms with van der Waals surface area (Å²) >= 11 is 12.6. The van der Waals surface area contributed by atoms with Gasteiger partial charge in [-0.25, -0.2) is 13.8 Å². The highest BCUT2D eigenvalue weighted by Gasteiger charge is 2.27. The molecule has 0 heterocycles. The van der Waals surface area contributed by atoms with Gasteiger partial charge < -0.3 is 0 Å². The number of halogens is 3. The molecule has 32 heavy (non-hydrogen) atoms. The number of benzene rings is 3. The van der Waals surface area contributed by atoms with Crippen molar-refractivity contribution in [2.45, 2.75) is 11.4 Å². The van der Waals surface area contributed by atoms with Gasteiger partial charge in [-0.2, -0.15) is 9.41 Å². The number of hydrogen-bond acceptors (Lipinski definition) is 4. The molecule has 3 aromatic carbocycles. The average molecular weight is 600 g/mol. The van der Waals surface area contributed by atoms with Crippen LogP contribution in [0.5, 0.6) is 0 Å². The molecule has 0 spiro atoms. The molecule has 0 radical (unpaired) electrons. The zero-order chi connectivity index (χ0) is 23.1. The fourth-order valence-corrected chi connectivity index (χ4v) is 4.93. The molecule has 3 rings (SSSR count). The van der Waals surface area contributed by atoms with Gasteiger partial charge in [0, 0.05) is 20.5 Å². The molecule has 0 atom stereocenters. The standard InChI is InChI=1S/C22H18Br2ClN3O3S/c23-18-6-4-16(5-7-18)14-28(32(30,31)21-10-8-20(25)9-11-21)15-22(29)27-26-13-17-2-1-3-19(24)12-17/h1-13H,14-15H2,(H,27,29)/b26-13-. The van der Waals surface area contributed by atoms with Gasteiger partial charge in [0.05, 0.1) is 17.7 Å². The summed E-state index contributed by atoms with van der Waals surface area (Å²) in [4.78, 5) is 12.6. The van der Waals surface area contributed by atoms with Crippen LogP contribution >= 0.6 is 43.5 Å². The number of carbonyl (C=O) groups is 1. The maximum atomic E-state index is 13.2. The second-order valence-corrected chi connectivity index (χ2v) is 10.9. The number of carbonyl (C=O) groups excluding carboxylic acids is 1. The molecule has 0 saturated heterocycles. The predicted octanol–water partition coefficient (Wildman–Crippen LogP) is 5.21. The van der Waals surface area contributed by atoms with E-state index in [9.17, 15) is 13.2 Å². The number of nitrogens with zero attached hydrogens (tertiary/aromatic N) is 2. The van der Waals surface area contributed by atoms with Crippen LogP contribution in [-0.2, 0) is 21.4 Å². The summed E-state index contributed by atoms with van der Waals surface area (Å²) < 4.78 is 29.3. The van der Waals surface area contributed by atoms with Gasteiger partial charge in [-0.3, -0.25) is 4.79 Å². The van der Waals surface area contributed by atoms with E-state index in [1.165, 1.54) is 30.5 Å². The highest BCUT2D eigenvalue weighted by Crippen LogP contribution is 2.21. The third-order valence-electron chi connectivity index (χ3n) is 4.30. The SMILES string of the molecule is O=C(CN(Cc1ccc(Br)cc1)S(=O)(=O)c1ccc(Cl)cc1)N/N=C\c1cccc(Br)c1. The van der Waals surface area contributed by atoms with Crippen LogP contribution in [0.2, 0.25) is 5.02 Å². The molecule has 0 aliphatic rings. The normalized spacial score (nSPS) is 11.8. The van der Waals surface area contributed by atoms with Crippen molar-refractivity contribution in [2.75, 3.05) is 6.54 Å². The Balaban J connectivity index is 1.79. The summed E-state index contributed by atoms with van der Waals surface area (Å²) in [7, 11) is -3.96. The summed E-state index contributed by atoms with van der Waals surface area (Å²) in [5.41, 5.74) is 3.90. The number of rotatable bonds is 8. The van der Waals surface area contributed by atoms with Gasteiger partial charge in [0.2, 0.25) is 10.0 Å². The van der Waals surface area contributed by atoms with Crippen LogP contribution in [0.4, 0.5) is 0 Å². The van der Waals surface area contributed by atoms with Gasteiger partial charge in [0.15, 0.2) is 0 Å². The van der Waals surface area contributed by atoms with Crippen molar-refractivity contribution in [1.82, 2.24) is 9.73 Å². The lowest BCUT2D eigenvalue weighted by Crippen LogP contribution is -2.39. The Kier molecular flexibility index (Phi) is 8.61. The third-order valence-corrected chi connectivity index (χ3v) is 7.37. The van der Waals surface area contributed by atoms with E-state index >= 15 is 0 Å². The molecule has 0 aliphatic carbocycles. The second-order valence-electron chi connectivity index (χ2n) is 6.70. The molecule has 0 aliphatic heterocycles. The Labute approximate surface area is 208 Å². The van der Waals surface area contributed by atoms with Crippen molar-refractivity contribution in [3.63, 3.8) is 0 Å². The number of hydrogen-bond donors (Lipinski definition) is 1. The maximum absolute atomic E-state index is 13.2. The van der Waals surface area contributed by atoms with Gasteiger partial charge in [-0.15, -0.1) is 0 Å². The Morgan fingerprint density at radius 3 is 2.34 bits per heavy atom. The first kappa shape index (κ1) is 24.6. The van der Waals surface area contributed by atoms with E-state index < -0.39 is 22.5 Å². The molecule has 1 amide bonds. The lowest BCUT2D eigenvalue weighted by atomic mass is 10.2. The van der Waals surface area contributed by atoms with Crippen LogP contribution in [0.3, 0.4) is 0 Å². The van der Waals surface area contributed by atoms with Crippen LogP contribution in [-0.4, -0.2) is 31.4 Å². The zero-order valence-corrected chi connectivity index (χ0v) is 21.3. The van der Waals surface area contributed by atoms with E-state index in [2.05, 4.69) is 42.4 Å². The second kappa shape index (κ2) is 11.2. The minimum atomic E-state index is -3.96. The zero-order valence-electron chi connectivity index (χ0n) is 16.6. The predicted molar refractivity (Wildman–Crippen MR) is 133 cm³/mol. The van der Waals surface area contributed by atoms with Crippen molar-refractivity contribution >= 4 is 65.6 Å². The van der Waals surface area contributed by atoms with Crippen molar-refractivity contribution in [3.05, 3.63) is 97.9 Å². The largest absolute Gasteiger partial charge is 0.272 e. The monoisotopic (exact) mass is 597 g/mol. The van der Waals surface area contributed by atoms with E-state index in [4.69, 9.17) is 11.6 Å². The molecule has 1 N–H and O–H groups in total. The Morgan fingerprint density at radius 2 is 1.69 bits per heavy atom. The smallest absolute Gasteiger partial charge is 0.255 e. The summed E-state index contributed by atoms with van der Waals surface area (Å²) in [5.74, 6) is -0.564. The minimum Gasteiger partial charge on any atom is -0.272 e. The molecule has 0 bridgehead atoms. The maximum Gasteiger partial charge on any atom is 0.255 e. The van der Waals surface area contributed by atoms with Crippen molar-refractivity contribution < 1.29 is 13.2 Å². The van der Waals surface area contributed by atoms with E-state index in [-0.39, 0.29) is 11.4 Å². The molecule has 0 aromatic heterocycles. The first-order valence-electron chi connectivity index (χ1n) is 9.32. The topological polar surface area (TPSA) is 78.8 Å². The third kappa shape index (κ3) is 6.98. The lowest BCUT2D eigenvalue weighted by Gasteiger charge is -2.21. The van der Waals surface area contributed by atoms with Gasteiger partial charge in [-0.05, 0) is 59.7 Å². The van der Waals surface area contributed by atoms with Gasteiger partial charge >= 0.3 is 0 Å². The number of amides is 1. The highest BCUT2D eigenvalue weighted by atomic mass is 79.9. The molecule has 3 aromatic rings. The Bertz CT molecular complexity index is 1220. The first-order valence-corrected chi connectivity index (χ1v) is 12.7. The first-order chi connectivity index (χ1) is 15.2. The summed E-state index contributed by atoms with van der Waals surface area (Å²) in [6.07, 6.45) is 1.48. The van der Waals surface area contributed by atoms with Gasteiger partial charge in [0.25, 0.3) is 5.91 Å². The highest BCUT2D eigenvalue weighted by molar-refractivity contribution is 9.10. The van der Waals surface area contributed by atoms with Gasteiger partial charge in [0.1, 0.15) is 0 Å². The molecule has 6 nitrogen and oxygen atoms in total. The summed E-state index contributed by atoms with van der Waals surface area (Å²) in [6.45, 7) is -0.391. The Hall–Kier alpha value is -2.04. The molecular formula is C22H18Br2ClN3O3S. The van der Waals surface area contributed by atoms with E-state index in [0.717, 1.165) is 24.4 Å². The molecular weight excluding hydrogens is 582 g/mol. The fourth-order valence-electron chi connectivity index (χ4n) is 2.74. The number of nitrogens with one attached hydrogen (secondary N) is 1. The molecule has 0 unspecified atom stereocenters. The van der Waals surface area contributed by atoms with Crippen molar-refractivity contribution in [1.29, 1.82) is 0 Å². The molecule has 0 fully saturated rings. The van der Waals surface area contributed by atoms with Crippen molar-refractivity contribution in [3.8, 4) is 0 Å². The van der Waals surface area contributed by atoms with Crippen LogP contribution in [0, 0.1) is 0 Å². The summed E-state index contributed by atoms with van der Waals surface area (Å²) in [5, 5.41) is 4.35. The van der Waals surface area contributed by atoms with Crippen LogP contribution in [0.15, 0.2) is 91.7 Å². The van der Waals surface area contributed by atoms with Crippen LogP contribution < -0.4 is 5.43 Å². The quantitative estimate of drug-likeness (QED) is 0.286. The van der Waals surface area contributed by atoms with E-state index in [1.54, 1.807) is 12.1 Å². The van der Waals surface area contributed by atoms with Crippen LogP contribution in [0.25, 0.3) is 0 Å². The minimum absolute atomic E-state index is 0.0149. The Morgan fingerprint density at radius 1 is 1.00 bits per heavy atom. The molecule has 10 heteroatoms. The van der Waals surface area contributed by atoms with Crippen molar-refractivity contribution in [2.24, 2.45) is 5.10 Å². The summed E-state index contributed by atoms with van der Waals surface area (Å²) in [6, 6.07) is 20.4. The average Bonchev–Trinajstić information content (AvgIpc) is 2.75. The molecule has 166 valence electrons. The number of hydrazone groups is 1. The van der Waals surface area contributed by atoms with Gasteiger partial charge in [-0.1, -0.05) is 67.7 Å². The fraction of sp³-hybridized carbons (Fsp3) is 0.0909. The lowest BCUT2D eigenvalue weighted by molar-refractivity contribution is -0.121.